The van der Waals surface area contributed by atoms with Gasteiger partial charge in [0.25, 0.3) is 0 Å². The third kappa shape index (κ3) is 5.89. The Morgan fingerprint density at radius 2 is 1.56 bits per heavy atom. The number of carbonyl (C=O) groups excluding carboxylic acids is 2. The Morgan fingerprint density at radius 3 is 2.26 bits per heavy atom. The van der Waals surface area contributed by atoms with Gasteiger partial charge < -0.3 is 20.6 Å². The summed E-state index contributed by atoms with van der Waals surface area (Å²) in [7, 11) is 1.98. The van der Waals surface area contributed by atoms with Crippen molar-refractivity contribution >= 4 is 67.0 Å². The van der Waals surface area contributed by atoms with Crippen LogP contribution in [0.4, 0.5) is 5.13 Å². The minimum absolute atomic E-state index is 0.0697. The molecule has 2 aliphatic rings. The van der Waals surface area contributed by atoms with Gasteiger partial charge >= 0.3 is 0 Å². The van der Waals surface area contributed by atoms with Crippen LogP contribution >= 0.6 is 23.1 Å². The number of rotatable bonds is 7. The molecule has 12 heteroatoms. The van der Waals surface area contributed by atoms with E-state index >= 15 is 0 Å². The van der Waals surface area contributed by atoms with Crippen LogP contribution in [-0.4, -0.2) is 54.6 Å². The van der Waals surface area contributed by atoms with Crippen LogP contribution in [0.1, 0.15) is 47.7 Å². The number of thioether (sulfide) groups is 1. The quantitative estimate of drug-likeness (QED) is 0.190. The Kier molecular flexibility index (Phi) is 7.62. The summed E-state index contributed by atoms with van der Waals surface area (Å²) >= 11 is 3.10. The van der Waals surface area contributed by atoms with Crippen LogP contribution in [0.15, 0.2) is 66.0 Å². The fraction of sp³-hybridized carbons (Fsp3) is 0.323. The number of aromatic nitrogens is 4. The molecule has 2 aromatic carbocycles. The van der Waals surface area contributed by atoms with Crippen molar-refractivity contribution in [2.45, 2.75) is 49.8 Å². The maximum absolute atomic E-state index is 12.9. The summed E-state index contributed by atoms with van der Waals surface area (Å²) in [6.45, 7) is 0. The van der Waals surface area contributed by atoms with Crippen molar-refractivity contribution in [2.75, 3.05) is 12.4 Å². The second kappa shape index (κ2) is 11.8. The zero-order valence-electron chi connectivity index (χ0n) is 23.7. The summed E-state index contributed by atoms with van der Waals surface area (Å²) in [6.07, 6.45) is 8.55. The molecule has 4 N–H and O–H groups in total. The largest absolute Gasteiger partial charge is 0.361 e. The molecule has 2 amide bonds. The van der Waals surface area contributed by atoms with Gasteiger partial charge in [-0.1, -0.05) is 65.9 Å². The van der Waals surface area contributed by atoms with E-state index in [-0.39, 0.29) is 29.5 Å². The molecule has 1 fully saturated rings. The Labute approximate surface area is 256 Å². The summed E-state index contributed by atoms with van der Waals surface area (Å²) in [5.74, 6) is 0.503. The van der Waals surface area contributed by atoms with Crippen LogP contribution in [0.5, 0.6) is 0 Å². The topological polar surface area (TPSA) is 131 Å². The lowest BCUT2D eigenvalue weighted by molar-refractivity contribution is -0.119. The predicted octanol–water partition coefficient (Wildman–Crippen LogP) is 5.59. The number of nitrogens with zero attached hydrogens (tertiary/aromatic N) is 4. The summed E-state index contributed by atoms with van der Waals surface area (Å²) < 4.78 is 0. The molecule has 0 radical (unpaired) electrons. The van der Waals surface area contributed by atoms with Crippen LogP contribution in [0.2, 0.25) is 0 Å². The Bertz CT molecular complexity index is 1820. The average Bonchev–Trinajstić information content (AvgIpc) is 3.81. The zero-order chi connectivity index (χ0) is 29.3. The van der Waals surface area contributed by atoms with Gasteiger partial charge in [0.05, 0.1) is 12.8 Å². The first-order valence-electron chi connectivity index (χ1n) is 14.5. The first kappa shape index (κ1) is 27.7. The normalized spacial score (nSPS) is 20.4. The molecule has 1 aliphatic carbocycles. The van der Waals surface area contributed by atoms with Crippen molar-refractivity contribution in [1.29, 1.82) is 0 Å². The molecule has 4 heterocycles. The van der Waals surface area contributed by atoms with E-state index in [1.165, 1.54) is 11.3 Å². The van der Waals surface area contributed by atoms with Crippen molar-refractivity contribution in [3.05, 3.63) is 77.1 Å². The molecule has 5 aromatic rings. The number of nitrogens with one attached hydrogen (secondary N) is 4. The van der Waals surface area contributed by atoms with Gasteiger partial charge in [-0.25, -0.2) is 0 Å². The minimum atomic E-state index is -0.102. The van der Waals surface area contributed by atoms with Gasteiger partial charge in [0.1, 0.15) is 10.4 Å². The van der Waals surface area contributed by atoms with Crippen molar-refractivity contribution in [3.63, 3.8) is 0 Å². The van der Waals surface area contributed by atoms with E-state index in [2.05, 4.69) is 35.9 Å². The highest BCUT2D eigenvalue weighted by molar-refractivity contribution is 8.14. The van der Waals surface area contributed by atoms with Gasteiger partial charge in [-0.2, -0.15) is 5.10 Å². The molecule has 1 saturated carbocycles. The van der Waals surface area contributed by atoms with Gasteiger partial charge in [0.2, 0.25) is 16.9 Å². The van der Waals surface area contributed by atoms with Crippen LogP contribution in [0, 0.1) is 5.92 Å². The number of anilines is 1. The number of hydrazone groups is 1. The Balaban J connectivity index is 0.931. The molecule has 1 aliphatic heterocycles. The molecule has 3 aromatic heterocycles. The second-order valence-electron chi connectivity index (χ2n) is 11.2. The molecule has 43 heavy (non-hydrogen) atoms. The number of hydrogen-bond acceptors (Lipinski definition) is 8. The van der Waals surface area contributed by atoms with E-state index in [4.69, 9.17) is 0 Å². The SMILES string of the molecule is CN1N=C(NC(=O)Cc2c[nH]c3ccccc23)SC1[C@H]1CCC[C@@H](c2nnc(NC(=O)Cc3c[nH]c4ccccc34)s2)C1. The van der Waals surface area contributed by atoms with Crippen LogP contribution in [0.25, 0.3) is 21.8 Å². The monoisotopic (exact) mass is 612 g/mol. The summed E-state index contributed by atoms with van der Waals surface area (Å²) in [6, 6.07) is 16.0. The van der Waals surface area contributed by atoms with E-state index in [1.54, 1.807) is 11.8 Å². The third-order valence-corrected chi connectivity index (χ3v) is 10.6. The molecule has 3 atom stereocenters. The first-order chi connectivity index (χ1) is 21.0. The fourth-order valence-corrected chi connectivity index (χ4v) is 8.38. The predicted molar refractivity (Wildman–Crippen MR) is 172 cm³/mol. The maximum atomic E-state index is 12.9. The number of fused-ring (bicyclic) bond motifs is 2. The average molecular weight is 613 g/mol. The van der Waals surface area contributed by atoms with E-state index in [0.29, 0.717) is 22.6 Å². The van der Waals surface area contributed by atoms with Crippen LogP contribution < -0.4 is 10.6 Å². The van der Waals surface area contributed by atoms with E-state index in [0.717, 1.165) is 63.6 Å². The second-order valence-corrected chi connectivity index (χ2v) is 13.3. The molecule has 220 valence electrons. The van der Waals surface area contributed by atoms with Crippen LogP contribution in [-0.2, 0) is 22.4 Å². The highest BCUT2D eigenvalue weighted by Gasteiger charge is 2.37. The molecule has 0 bridgehead atoms. The molecule has 0 spiro atoms. The first-order valence-corrected chi connectivity index (χ1v) is 16.2. The minimum Gasteiger partial charge on any atom is -0.361 e. The molecule has 10 nitrogen and oxygen atoms in total. The third-order valence-electron chi connectivity index (χ3n) is 8.30. The van der Waals surface area contributed by atoms with Crippen molar-refractivity contribution in [1.82, 2.24) is 30.5 Å². The van der Waals surface area contributed by atoms with Gasteiger partial charge in [-0.3, -0.25) is 14.6 Å². The summed E-state index contributed by atoms with van der Waals surface area (Å²) in [5, 5.41) is 25.8. The summed E-state index contributed by atoms with van der Waals surface area (Å²) in [5.41, 5.74) is 3.98. The number of para-hydroxylation sites is 2. The molecule has 0 saturated heterocycles. The van der Waals surface area contributed by atoms with Crippen molar-refractivity contribution in [2.24, 2.45) is 11.0 Å². The zero-order valence-corrected chi connectivity index (χ0v) is 25.3. The Morgan fingerprint density at radius 1 is 0.907 bits per heavy atom. The number of amidine groups is 1. The number of hydrogen-bond donors (Lipinski definition) is 4. The van der Waals surface area contributed by atoms with Crippen LogP contribution in [0.3, 0.4) is 0 Å². The molecule has 1 unspecified atom stereocenters. The lowest BCUT2D eigenvalue weighted by atomic mass is 9.81. The standard InChI is InChI=1S/C31H32N8O2S2/c1-39-29(43-31(38-39)35-27(41)15-21-17-33-25-12-5-3-10-23(21)25)19-8-6-7-18(13-19)28-36-37-30(42-28)34-26(40)14-20-16-32-24-11-4-2-9-22(20)24/h2-5,9-12,16-19,29,32-33H,6-8,13-15H2,1H3,(H,34,37,40)(H,35,38,41)/t18-,19+,29?/m1/s1. The van der Waals surface area contributed by atoms with E-state index < -0.39 is 0 Å². The number of amides is 2. The smallest absolute Gasteiger partial charge is 0.230 e. The van der Waals surface area contributed by atoms with E-state index in [9.17, 15) is 9.59 Å². The van der Waals surface area contributed by atoms with E-state index in [1.807, 2.05) is 73.0 Å². The molecular formula is C31H32N8O2S2. The number of H-pyrrole nitrogens is 2. The lowest BCUT2D eigenvalue weighted by Gasteiger charge is -2.33. The highest BCUT2D eigenvalue weighted by atomic mass is 32.2. The van der Waals surface area contributed by atoms with Gasteiger partial charge in [-0.05, 0) is 48.4 Å². The lowest BCUT2D eigenvalue weighted by Crippen LogP contribution is -2.32. The highest BCUT2D eigenvalue weighted by Crippen LogP contribution is 2.44. The maximum Gasteiger partial charge on any atom is 0.230 e. The molecule has 7 rings (SSSR count). The van der Waals surface area contributed by atoms with Crippen molar-refractivity contribution in [3.8, 4) is 0 Å². The summed E-state index contributed by atoms with van der Waals surface area (Å²) in [4.78, 5) is 32.1. The van der Waals surface area contributed by atoms with Gasteiger partial charge in [0, 0.05) is 47.2 Å². The van der Waals surface area contributed by atoms with Gasteiger partial charge in [-0.15, -0.1) is 10.2 Å². The van der Waals surface area contributed by atoms with Gasteiger partial charge in [0.15, 0.2) is 5.17 Å². The number of benzene rings is 2. The number of aromatic amines is 2. The van der Waals surface area contributed by atoms with Crippen molar-refractivity contribution < 1.29 is 9.59 Å². The molecular weight excluding hydrogens is 581 g/mol. The fourth-order valence-electron chi connectivity index (χ4n) is 6.26. The Hall–Kier alpha value is -4.16. The number of carbonyl (C=O) groups is 2.